The molecule has 3 rings (SSSR count). The van der Waals surface area contributed by atoms with Crippen LogP contribution in [0.4, 0.5) is 5.82 Å². The highest BCUT2D eigenvalue weighted by atomic mass is 35.5. The predicted molar refractivity (Wildman–Crippen MR) is 109 cm³/mol. The van der Waals surface area contributed by atoms with Crippen molar-refractivity contribution in [3.05, 3.63) is 46.1 Å². The van der Waals surface area contributed by atoms with E-state index in [-0.39, 0.29) is 11.8 Å². The quantitative estimate of drug-likeness (QED) is 0.656. The number of amides is 1. The number of carbonyl (C=O) groups is 1. The molecule has 1 heterocycles. The Morgan fingerprint density at radius 1 is 1.30 bits per heavy atom. The summed E-state index contributed by atoms with van der Waals surface area (Å²) in [5.41, 5.74) is 0.896. The lowest BCUT2D eigenvalue weighted by Crippen LogP contribution is -2.23. The first-order valence-corrected chi connectivity index (χ1v) is 10.1. The number of anilines is 1. The first-order chi connectivity index (χ1) is 13.1. The fourth-order valence-electron chi connectivity index (χ4n) is 3.65. The molecule has 27 heavy (non-hydrogen) atoms. The van der Waals surface area contributed by atoms with Crippen molar-refractivity contribution in [2.45, 2.75) is 44.6 Å². The van der Waals surface area contributed by atoms with E-state index in [1.54, 1.807) is 30.0 Å². The normalized spacial score (nSPS) is 15.8. The summed E-state index contributed by atoms with van der Waals surface area (Å²) in [5, 5.41) is 8.31. The summed E-state index contributed by atoms with van der Waals surface area (Å²) < 4.78 is 6.81. The number of carbonyl (C=O) groups excluding carboxylic acids is 1. The van der Waals surface area contributed by atoms with E-state index < -0.39 is 0 Å². The molecule has 0 spiro atoms. The van der Waals surface area contributed by atoms with Gasteiger partial charge in [0.05, 0.1) is 29.1 Å². The third kappa shape index (κ3) is 5.47. The van der Waals surface area contributed by atoms with E-state index >= 15 is 0 Å². The Hall–Kier alpha value is -1.56. The topological polar surface area (TPSA) is 56.1 Å². The molecule has 1 aliphatic carbocycles. The molecule has 1 aromatic carbocycles. The van der Waals surface area contributed by atoms with Gasteiger partial charge in [-0.05, 0) is 30.0 Å². The first-order valence-electron chi connectivity index (χ1n) is 9.35. The van der Waals surface area contributed by atoms with Crippen LogP contribution in [0.2, 0.25) is 10.0 Å². The second kappa shape index (κ2) is 9.58. The van der Waals surface area contributed by atoms with Crippen molar-refractivity contribution in [3.8, 4) is 0 Å². The molecule has 1 aromatic heterocycles. The number of benzene rings is 1. The van der Waals surface area contributed by atoms with Crippen LogP contribution in [0.15, 0.2) is 30.5 Å². The smallest absolute Gasteiger partial charge is 0.233 e. The minimum absolute atomic E-state index is 0.0581. The number of hydrogen-bond acceptors (Lipinski definition) is 3. The Kier molecular flexibility index (Phi) is 7.16. The zero-order valence-electron chi connectivity index (χ0n) is 15.5. The summed E-state index contributed by atoms with van der Waals surface area (Å²) in [6, 6.07) is 7.26. The maximum Gasteiger partial charge on any atom is 0.233 e. The van der Waals surface area contributed by atoms with Crippen molar-refractivity contribution in [2.75, 3.05) is 19.0 Å². The van der Waals surface area contributed by atoms with Gasteiger partial charge in [-0.1, -0.05) is 55.0 Å². The second-order valence-electron chi connectivity index (χ2n) is 7.06. The lowest BCUT2D eigenvalue weighted by atomic mass is 9.87. The summed E-state index contributed by atoms with van der Waals surface area (Å²) in [6.45, 7) is 1.22. The predicted octanol–water partition coefficient (Wildman–Crippen LogP) is 5.14. The molecule has 0 saturated heterocycles. The van der Waals surface area contributed by atoms with E-state index in [0.29, 0.717) is 34.9 Å². The Labute approximate surface area is 170 Å². The molecular formula is C20H25Cl2N3O2. The summed E-state index contributed by atoms with van der Waals surface area (Å²) in [6.07, 6.45) is 7.48. The molecule has 146 valence electrons. The molecule has 0 bridgehead atoms. The lowest BCUT2D eigenvalue weighted by Gasteiger charge is -2.20. The fraction of sp³-hybridized carbons (Fsp3) is 0.500. The van der Waals surface area contributed by atoms with E-state index in [1.165, 1.54) is 25.7 Å². The Balaban J connectivity index is 1.75. The average Bonchev–Trinajstić information content (AvgIpc) is 3.32. The Morgan fingerprint density at radius 2 is 2.07 bits per heavy atom. The van der Waals surface area contributed by atoms with E-state index in [1.807, 2.05) is 12.3 Å². The van der Waals surface area contributed by atoms with Gasteiger partial charge < -0.3 is 10.1 Å². The SMILES string of the molecule is COCCn1ccc(NC(=O)[C@H](CC2CCCC2)c2ccc(Cl)c(Cl)c2)n1. The van der Waals surface area contributed by atoms with Crippen LogP contribution >= 0.6 is 23.2 Å². The standard InChI is InChI=1S/C20H25Cl2N3O2/c1-27-11-10-25-9-8-19(24-25)23-20(26)16(12-14-4-2-3-5-14)15-6-7-17(21)18(22)13-15/h6-9,13-14,16H,2-5,10-12H2,1H3,(H,23,24,26)/t16-/m1/s1. The largest absolute Gasteiger partial charge is 0.383 e. The molecule has 1 atom stereocenters. The molecule has 0 aliphatic heterocycles. The van der Waals surface area contributed by atoms with Crippen LogP contribution in [0.25, 0.3) is 0 Å². The van der Waals surface area contributed by atoms with Gasteiger partial charge in [0.25, 0.3) is 0 Å². The molecule has 1 aliphatic rings. The van der Waals surface area contributed by atoms with Gasteiger partial charge >= 0.3 is 0 Å². The third-order valence-corrected chi connectivity index (χ3v) is 5.86. The molecule has 1 fully saturated rings. The van der Waals surface area contributed by atoms with Gasteiger partial charge in [-0.3, -0.25) is 9.48 Å². The molecule has 1 N–H and O–H groups in total. The molecule has 2 aromatic rings. The highest BCUT2D eigenvalue weighted by Gasteiger charge is 2.27. The molecule has 1 saturated carbocycles. The Bertz CT molecular complexity index is 772. The van der Waals surface area contributed by atoms with E-state index in [9.17, 15) is 4.79 Å². The van der Waals surface area contributed by atoms with Gasteiger partial charge in [-0.2, -0.15) is 5.10 Å². The molecule has 0 unspecified atom stereocenters. The lowest BCUT2D eigenvalue weighted by molar-refractivity contribution is -0.118. The molecule has 5 nitrogen and oxygen atoms in total. The highest BCUT2D eigenvalue weighted by molar-refractivity contribution is 6.42. The Morgan fingerprint density at radius 3 is 2.78 bits per heavy atom. The summed E-state index contributed by atoms with van der Waals surface area (Å²) >= 11 is 12.3. The van der Waals surface area contributed by atoms with Gasteiger partial charge in [-0.25, -0.2) is 0 Å². The van der Waals surface area contributed by atoms with Crippen molar-refractivity contribution in [2.24, 2.45) is 5.92 Å². The number of rotatable bonds is 8. The molecular weight excluding hydrogens is 385 g/mol. The van der Waals surface area contributed by atoms with Crippen molar-refractivity contribution in [1.82, 2.24) is 9.78 Å². The van der Waals surface area contributed by atoms with Crippen LogP contribution in [-0.2, 0) is 16.1 Å². The van der Waals surface area contributed by atoms with Crippen molar-refractivity contribution in [1.29, 1.82) is 0 Å². The average molecular weight is 410 g/mol. The number of ether oxygens (including phenoxy) is 1. The van der Waals surface area contributed by atoms with Gasteiger partial charge in [0, 0.05) is 19.4 Å². The van der Waals surface area contributed by atoms with E-state index in [0.717, 1.165) is 12.0 Å². The number of aromatic nitrogens is 2. The van der Waals surface area contributed by atoms with Crippen molar-refractivity contribution in [3.63, 3.8) is 0 Å². The first kappa shape index (κ1) is 20.2. The van der Waals surface area contributed by atoms with Gasteiger partial charge in [0.1, 0.15) is 0 Å². The van der Waals surface area contributed by atoms with Crippen LogP contribution in [0, 0.1) is 5.92 Å². The summed E-state index contributed by atoms with van der Waals surface area (Å²) in [7, 11) is 1.65. The number of halogens is 2. The highest BCUT2D eigenvalue weighted by Crippen LogP contribution is 2.36. The molecule has 7 heteroatoms. The number of methoxy groups -OCH3 is 1. The number of nitrogens with zero attached hydrogens (tertiary/aromatic N) is 2. The van der Waals surface area contributed by atoms with Crippen molar-refractivity contribution < 1.29 is 9.53 Å². The van der Waals surface area contributed by atoms with Gasteiger partial charge in [0.15, 0.2) is 5.82 Å². The zero-order valence-corrected chi connectivity index (χ0v) is 17.0. The van der Waals surface area contributed by atoms with Crippen LogP contribution in [0.5, 0.6) is 0 Å². The van der Waals surface area contributed by atoms with Crippen LogP contribution in [0.3, 0.4) is 0 Å². The van der Waals surface area contributed by atoms with Crippen LogP contribution in [0.1, 0.15) is 43.6 Å². The molecule has 1 amide bonds. The monoisotopic (exact) mass is 409 g/mol. The maximum absolute atomic E-state index is 13.1. The van der Waals surface area contributed by atoms with Crippen molar-refractivity contribution >= 4 is 34.9 Å². The number of nitrogens with one attached hydrogen (secondary N) is 1. The maximum atomic E-state index is 13.1. The summed E-state index contributed by atoms with van der Waals surface area (Å²) in [5.74, 6) is 0.784. The fourth-order valence-corrected chi connectivity index (χ4v) is 3.96. The van der Waals surface area contributed by atoms with E-state index in [2.05, 4.69) is 10.4 Å². The van der Waals surface area contributed by atoms with Gasteiger partial charge in [0.2, 0.25) is 5.91 Å². The summed E-state index contributed by atoms with van der Waals surface area (Å²) in [4.78, 5) is 13.1. The van der Waals surface area contributed by atoms with Crippen LogP contribution in [-0.4, -0.2) is 29.4 Å². The van der Waals surface area contributed by atoms with Crippen LogP contribution < -0.4 is 5.32 Å². The zero-order chi connectivity index (χ0) is 19.2. The minimum atomic E-state index is -0.271. The van der Waals surface area contributed by atoms with E-state index in [4.69, 9.17) is 27.9 Å². The van der Waals surface area contributed by atoms with Gasteiger partial charge in [-0.15, -0.1) is 0 Å². The molecule has 0 radical (unpaired) electrons. The minimum Gasteiger partial charge on any atom is -0.383 e. The number of hydrogen-bond donors (Lipinski definition) is 1. The second-order valence-corrected chi connectivity index (χ2v) is 7.87. The third-order valence-electron chi connectivity index (χ3n) is 5.12.